The van der Waals surface area contributed by atoms with Gasteiger partial charge in [-0.05, 0) is 6.07 Å². The van der Waals surface area contributed by atoms with Crippen LogP contribution in [0.3, 0.4) is 0 Å². The Bertz CT molecular complexity index is 263. The molecule has 0 fully saturated rings. The number of para-hydroxylation sites is 1. The molecule has 60 valence electrons. The van der Waals surface area contributed by atoms with Gasteiger partial charge in [0.15, 0.2) is 0 Å². The first kappa shape index (κ1) is 12.5. The number of hydrogen-bond acceptors (Lipinski definition) is 1. The van der Waals surface area contributed by atoms with Gasteiger partial charge in [0.25, 0.3) is 0 Å². The third-order valence-corrected chi connectivity index (χ3v) is 1.35. The minimum Gasteiger partial charge on any atom is -0.445 e. The van der Waals surface area contributed by atoms with Gasteiger partial charge < -0.3 is 18.7 Å². The first-order valence-corrected chi connectivity index (χ1v) is 3.06. The van der Waals surface area contributed by atoms with E-state index in [1.165, 1.54) is 18.2 Å². The molecule has 0 unspecified atom stereocenters. The van der Waals surface area contributed by atoms with Crippen LogP contribution in [0.4, 0.5) is 18.6 Å². The first-order valence-electron chi connectivity index (χ1n) is 3.06. The van der Waals surface area contributed by atoms with Crippen molar-refractivity contribution in [1.82, 2.24) is 0 Å². The minimum atomic E-state index is -4.95. The van der Waals surface area contributed by atoms with E-state index in [9.17, 15) is 12.9 Å². The second kappa shape index (κ2) is 4.67. The summed E-state index contributed by atoms with van der Waals surface area (Å²) in [5.41, 5.74) is 4.18. The maximum absolute atomic E-state index is 12.0. The Balaban J connectivity index is 0.00000121. The minimum absolute atomic E-state index is 0. The van der Waals surface area contributed by atoms with Gasteiger partial charge in [0.1, 0.15) is 0 Å². The summed E-state index contributed by atoms with van der Waals surface area (Å²) in [6, 6.07) is 5.02. The number of anilines is 1. The Morgan fingerprint density at radius 1 is 1.08 bits per heavy atom. The molecule has 0 spiro atoms. The van der Waals surface area contributed by atoms with Crippen molar-refractivity contribution in [2.24, 2.45) is 0 Å². The van der Waals surface area contributed by atoms with Gasteiger partial charge in [-0.3, -0.25) is 0 Å². The zero-order valence-corrected chi connectivity index (χ0v) is 9.72. The third kappa shape index (κ3) is 3.10. The Morgan fingerprint density at radius 3 is 1.92 bits per heavy atom. The van der Waals surface area contributed by atoms with Crippen molar-refractivity contribution in [3.63, 3.8) is 0 Å². The summed E-state index contributed by atoms with van der Waals surface area (Å²) in [4.78, 5) is 0. The van der Waals surface area contributed by atoms with Crippen LogP contribution >= 0.6 is 0 Å². The van der Waals surface area contributed by atoms with Gasteiger partial charge in [-0.1, -0.05) is 23.7 Å². The van der Waals surface area contributed by atoms with E-state index in [-0.39, 0.29) is 57.1 Å². The van der Waals surface area contributed by atoms with Gasteiger partial charge in [0.2, 0.25) is 0 Å². The van der Waals surface area contributed by atoms with Crippen molar-refractivity contribution in [2.75, 3.05) is 5.73 Å². The van der Waals surface area contributed by atoms with Crippen molar-refractivity contribution in [3.05, 3.63) is 24.3 Å². The van der Waals surface area contributed by atoms with E-state index in [4.69, 9.17) is 5.73 Å². The molecule has 12 heavy (non-hydrogen) atoms. The second-order valence-corrected chi connectivity index (χ2v) is 2.20. The van der Waals surface area contributed by atoms with Crippen molar-refractivity contribution in [3.8, 4) is 0 Å². The first-order chi connectivity index (χ1) is 5.02. The Morgan fingerprint density at radius 2 is 1.58 bits per heavy atom. The van der Waals surface area contributed by atoms with Gasteiger partial charge in [-0.25, -0.2) is 0 Å². The SMILES string of the molecule is Nc1ccccc1[B-](F)(F)F.[K+]. The molecular weight excluding hydrogens is 193 g/mol. The Kier molecular flexibility index (Phi) is 4.86. The summed E-state index contributed by atoms with van der Waals surface area (Å²) >= 11 is 0. The molecule has 0 aliphatic rings. The fourth-order valence-electron chi connectivity index (χ4n) is 0.809. The molecule has 1 rings (SSSR count). The topological polar surface area (TPSA) is 26.0 Å². The van der Waals surface area contributed by atoms with Crippen LogP contribution in [0.2, 0.25) is 0 Å². The molecule has 0 amide bonds. The summed E-state index contributed by atoms with van der Waals surface area (Å²) in [7, 11) is 0. The largest absolute Gasteiger partial charge is 1.00 e. The summed E-state index contributed by atoms with van der Waals surface area (Å²) < 4.78 is 36.1. The molecular formula is C6H6BF3KN. The van der Waals surface area contributed by atoms with E-state index >= 15 is 0 Å². The number of nitrogens with two attached hydrogens (primary N) is 1. The average Bonchev–Trinajstić information content (AvgIpc) is 1.86. The van der Waals surface area contributed by atoms with Gasteiger partial charge in [0, 0.05) is 5.69 Å². The van der Waals surface area contributed by atoms with Gasteiger partial charge in [0.05, 0.1) is 0 Å². The predicted octanol–water partition coefficient (Wildman–Crippen LogP) is -1.67. The molecule has 2 N–H and O–H groups in total. The molecule has 0 saturated carbocycles. The van der Waals surface area contributed by atoms with E-state index in [0.717, 1.165) is 6.07 Å². The number of hydrogen-bond donors (Lipinski definition) is 1. The average molecular weight is 199 g/mol. The number of benzene rings is 1. The van der Waals surface area contributed by atoms with E-state index in [1.54, 1.807) is 0 Å². The van der Waals surface area contributed by atoms with Crippen molar-refractivity contribution in [1.29, 1.82) is 0 Å². The van der Waals surface area contributed by atoms with E-state index in [2.05, 4.69) is 0 Å². The monoisotopic (exact) mass is 199 g/mol. The number of nitrogen functional groups attached to an aromatic ring is 1. The summed E-state index contributed by atoms with van der Waals surface area (Å²) in [5, 5.41) is 0. The van der Waals surface area contributed by atoms with Crippen LogP contribution in [0.25, 0.3) is 0 Å². The zero-order chi connectivity index (χ0) is 8.48. The molecule has 1 nitrogen and oxygen atoms in total. The molecule has 1 aromatic carbocycles. The molecule has 0 aliphatic carbocycles. The molecule has 0 radical (unpaired) electrons. The second-order valence-electron chi connectivity index (χ2n) is 2.20. The molecule has 1 aromatic rings. The number of rotatable bonds is 1. The third-order valence-electron chi connectivity index (χ3n) is 1.35. The summed E-state index contributed by atoms with van der Waals surface area (Å²) in [5.74, 6) is 0. The maximum Gasteiger partial charge on any atom is 1.00 e. The fraction of sp³-hybridized carbons (Fsp3) is 0. The normalized spacial score (nSPS) is 10.6. The van der Waals surface area contributed by atoms with Crippen molar-refractivity contribution < 1.29 is 64.3 Å². The molecule has 0 bridgehead atoms. The van der Waals surface area contributed by atoms with Crippen LogP contribution in [0.5, 0.6) is 0 Å². The Labute approximate surface area is 111 Å². The molecule has 0 aromatic heterocycles. The maximum atomic E-state index is 12.0. The molecule has 0 heterocycles. The van der Waals surface area contributed by atoms with Crippen LogP contribution in [-0.2, 0) is 0 Å². The molecule has 0 aliphatic heterocycles. The fourth-order valence-corrected chi connectivity index (χ4v) is 0.809. The molecule has 0 saturated heterocycles. The molecule has 0 atom stereocenters. The van der Waals surface area contributed by atoms with Crippen LogP contribution in [-0.4, -0.2) is 6.98 Å². The Hall–Kier alpha value is 0.511. The van der Waals surface area contributed by atoms with E-state index < -0.39 is 12.4 Å². The molecule has 6 heteroatoms. The van der Waals surface area contributed by atoms with Gasteiger partial charge in [-0.15, -0.1) is 0 Å². The van der Waals surface area contributed by atoms with Gasteiger partial charge in [-0.2, -0.15) is 0 Å². The van der Waals surface area contributed by atoms with Gasteiger partial charge >= 0.3 is 58.4 Å². The van der Waals surface area contributed by atoms with E-state index in [0.29, 0.717) is 0 Å². The zero-order valence-electron chi connectivity index (χ0n) is 6.60. The quantitative estimate of drug-likeness (QED) is 0.424. The van der Waals surface area contributed by atoms with Crippen molar-refractivity contribution >= 4 is 18.1 Å². The standard InChI is InChI=1S/C6H6BF3N.K/c8-7(9,10)5-3-1-2-4-6(5)11;/h1-4H,11H2;/q-1;+1. The summed E-state index contributed by atoms with van der Waals surface area (Å²) in [6.07, 6.45) is 0. The predicted molar refractivity (Wildman–Crippen MR) is 39.6 cm³/mol. The van der Waals surface area contributed by atoms with Crippen LogP contribution in [0, 0.1) is 0 Å². The van der Waals surface area contributed by atoms with Crippen LogP contribution in [0.15, 0.2) is 24.3 Å². The summed E-state index contributed by atoms with van der Waals surface area (Å²) in [6.45, 7) is -4.95. The smallest absolute Gasteiger partial charge is 0.445 e. The van der Waals surface area contributed by atoms with Crippen molar-refractivity contribution in [2.45, 2.75) is 0 Å². The van der Waals surface area contributed by atoms with Crippen LogP contribution in [0.1, 0.15) is 0 Å². The van der Waals surface area contributed by atoms with Crippen LogP contribution < -0.4 is 62.6 Å². The number of halogens is 3. The van der Waals surface area contributed by atoms with E-state index in [1.807, 2.05) is 0 Å².